The minimum absolute atomic E-state index is 0.973. The van der Waals surface area contributed by atoms with E-state index in [1.54, 1.807) is 0 Å². The lowest BCUT2D eigenvalue weighted by atomic mass is 9.99. The molecule has 0 aromatic rings. The maximum absolute atomic E-state index is 3.34. The van der Waals surface area contributed by atoms with E-state index in [0.717, 1.165) is 11.8 Å². The number of nitrogens with zero attached hydrogens (tertiary/aromatic N) is 1. The number of rotatable bonds is 5. The largest absolute Gasteiger partial charge is 0.316 e. The lowest BCUT2D eigenvalue weighted by molar-refractivity contribution is 0.232. The summed E-state index contributed by atoms with van der Waals surface area (Å²) >= 11 is 0. The molecule has 0 spiro atoms. The molecule has 0 bridgehead atoms. The Morgan fingerprint density at radius 2 is 1.86 bits per heavy atom. The molecule has 82 valence electrons. The SMILES string of the molecule is CN(CCC1CNC1)CC1CCCC1. The van der Waals surface area contributed by atoms with Gasteiger partial charge in [-0.25, -0.2) is 0 Å². The lowest BCUT2D eigenvalue weighted by Gasteiger charge is -2.29. The third kappa shape index (κ3) is 2.96. The predicted molar refractivity (Wildman–Crippen MR) is 60.4 cm³/mol. The molecule has 1 heterocycles. The molecule has 2 heteroatoms. The lowest BCUT2D eigenvalue weighted by Crippen LogP contribution is -2.43. The summed E-state index contributed by atoms with van der Waals surface area (Å²) < 4.78 is 0. The Bertz CT molecular complexity index is 160. The van der Waals surface area contributed by atoms with E-state index in [2.05, 4.69) is 17.3 Å². The molecule has 0 amide bonds. The predicted octanol–water partition coefficient (Wildman–Crippen LogP) is 1.72. The normalized spacial score (nSPS) is 24.4. The van der Waals surface area contributed by atoms with Crippen LogP contribution in [0.2, 0.25) is 0 Å². The van der Waals surface area contributed by atoms with Crippen LogP contribution >= 0.6 is 0 Å². The Balaban J connectivity index is 1.55. The molecule has 0 radical (unpaired) electrons. The van der Waals surface area contributed by atoms with E-state index in [0.29, 0.717) is 0 Å². The van der Waals surface area contributed by atoms with Crippen LogP contribution in [-0.2, 0) is 0 Å². The maximum atomic E-state index is 3.34. The number of hydrogen-bond acceptors (Lipinski definition) is 2. The van der Waals surface area contributed by atoms with Crippen molar-refractivity contribution in [2.24, 2.45) is 11.8 Å². The highest BCUT2D eigenvalue weighted by atomic mass is 15.1. The first kappa shape index (κ1) is 10.4. The topological polar surface area (TPSA) is 15.3 Å². The highest BCUT2D eigenvalue weighted by Gasteiger charge is 2.19. The van der Waals surface area contributed by atoms with E-state index in [9.17, 15) is 0 Å². The molecule has 14 heavy (non-hydrogen) atoms. The summed E-state index contributed by atoms with van der Waals surface area (Å²) in [6.07, 6.45) is 7.32. The smallest absolute Gasteiger partial charge is 0.000661 e. The maximum Gasteiger partial charge on any atom is 0.000661 e. The average molecular weight is 196 g/mol. The standard InChI is InChI=1S/C12H24N2/c1-14(7-6-12-8-13-9-12)10-11-4-2-3-5-11/h11-13H,2-10H2,1H3. The molecule has 2 nitrogen and oxygen atoms in total. The van der Waals surface area contributed by atoms with E-state index < -0.39 is 0 Å². The Labute approximate surface area is 88.1 Å². The summed E-state index contributed by atoms with van der Waals surface area (Å²) in [4.78, 5) is 2.55. The Morgan fingerprint density at radius 1 is 1.14 bits per heavy atom. The molecular formula is C12H24N2. The molecule has 2 aliphatic rings. The third-order valence-electron chi connectivity index (χ3n) is 3.83. The van der Waals surface area contributed by atoms with E-state index in [-0.39, 0.29) is 0 Å². The van der Waals surface area contributed by atoms with Gasteiger partial charge in [-0.15, -0.1) is 0 Å². The van der Waals surface area contributed by atoms with Crippen LogP contribution in [0, 0.1) is 11.8 Å². The fraction of sp³-hybridized carbons (Fsp3) is 1.00. The van der Waals surface area contributed by atoms with Gasteiger partial charge in [-0.1, -0.05) is 12.8 Å². The number of hydrogen-bond donors (Lipinski definition) is 1. The van der Waals surface area contributed by atoms with Gasteiger partial charge in [0, 0.05) is 6.54 Å². The van der Waals surface area contributed by atoms with Gasteiger partial charge in [0.25, 0.3) is 0 Å². The molecule has 0 unspecified atom stereocenters. The van der Waals surface area contributed by atoms with Crippen molar-refractivity contribution < 1.29 is 0 Å². The average Bonchev–Trinajstić information content (AvgIpc) is 2.54. The van der Waals surface area contributed by atoms with E-state index >= 15 is 0 Å². The van der Waals surface area contributed by atoms with Crippen molar-refractivity contribution in [3.05, 3.63) is 0 Å². The molecule has 1 N–H and O–H groups in total. The summed E-state index contributed by atoms with van der Waals surface area (Å²) in [5.74, 6) is 1.99. The van der Waals surface area contributed by atoms with Crippen LogP contribution < -0.4 is 5.32 Å². The fourth-order valence-electron chi connectivity index (χ4n) is 2.68. The van der Waals surface area contributed by atoms with Crippen LogP contribution in [0.4, 0.5) is 0 Å². The summed E-state index contributed by atoms with van der Waals surface area (Å²) in [7, 11) is 2.30. The van der Waals surface area contributed by atoms with Gasteiger partial charge in [0.1, 0.15) is 0 Å². The Hall–Kier alpha value is -0.0800. The van der Waals surface area contributed by atoms with Crippen molar-refractivity contribution >= 4 is 0 Å². The van der Waals surface area contributed by atoms with Crippen molar-refractivity contribution in [3.63, 3.8) is 0 Å². The van der Waals surface area contributed by atoms with Gasteiger partial charge in [0.05, 0.1) is 0 Å². The van der Waals surface area contributed by atoms with Crippen LogP contribution in [0.5, 0.6) is 0 Å². The second-order valence-corrected chi connectivity index (χ2v) is 5.23. The van der Waals surface area contributed by atoms with Crippen molar-refractivity contribution in [2.45, 2.75) is 32.1 Å². The molecule has 2 fully saturated rings. The van der Waals surface area contributed by atoms with Gasteiger partial charge in [0.2, 0.25) is 0 Å². The van der Waals surface area contributed by atoms with Crippen molar-refractivity contribution in [1.82, 2.24) is 10.2 Å². The quantitative estimate of drug-likeness (QED) is 0.720. The molecule has 1 aliphatic carbocycles. The van der Waals surface area contributed by atoms with Gasteiger partial charge in [0.15, 0.2) is 0 Å². The zero-order chi connectivity index (χ0) is 9.80. The highest BCUT2D eigenvalue weighted by Crippen LogP contribution is 2.25. The minimum atomic E-state index is 0.973. The van der Waals surface area contributed by atoms with Gasteiger partial charge < -0.3 is 10.2 Å². The van der Waals surface area contributed by atoms with Gasteiger partial charge in [-0.2, -0.15) is 0 Å². The van der Waals surface area contributed by atoms with Crippen LogP contribution in [-0.4, -0.2) is 38.1 Å². The second kappa shape index (κ2) is 5.13. The van der Waals surface area contributed by atoms with Gasteiger partial charge >= 0.3 is 0 Å². The van der Waals surface area contributed by atoms with Gasteiger partial charge in [-0.3, -0.25) is 0 Å². The van der Waals surface area contributed by atoms with Crippen LogP contribution in [0.25, 0.3) is 0 Å². The first-order valence-electron chi connectivity index (χ1n) is 6.24. The molecule has 0 atom stereocenters. The minimum Gasteiger partial charge on any atom is -0.316 e. The van der Waals surface area contributed by atoms with Gasteiger partial charge in [-0.05, 0) is 57.8 Å². The fourth-order valence-corrected chi connectivity index (χ4v) is 2.68. The van der Waals surface area contributed by atoms with E-state index in [4.69, 9.17) is 0 Å². The first-order chi connectivity index (χ1) is 6.84. The van der Waals surface area contributed by atoms with Crippen LogP contribution in [0.15, 0.2) is 0 Å². The molecule has 1 saturated heterocycles. The summed E-state index contributed by atoms with van der Waals surface area (Å²) in [6.45, 7) is 5.18. The molecule has 2 rings (SSSR count). The van der Waals surface area contributed by atoms with E-state index in [1.165, 1.54) is 58.3 Å². The second-order valence-electron chi connectivity index (χ2n) is 5.23. The monoisotopic (exact) mass is 196 g/mol. The van der Waals surface area contributed by atoms with E-state index in [1.807, 2.05) is 0 Å². The first-order valence-corrected chi connectivity index (χ1v) is 6.24. The molecule has 0 aromatic heterocycles. The van der Waals surface area contributed by atoms with Crippen LogP contribution in [0.1, 0.15) is 32.1 Å². The molecule has 0 aromatic carbocycles. The highest BCUT2D eigenvalue weighted by molar-refractivity contribution is 4.76. The Morgan fingerprint density at radius 3 is 2.43 bits per heavy atom. The summed E-state index contributed by atoms with van der Waals surface area (Å²) in [5.41, 5.74) is 0. The van der Waals surface area contributed by atoms with Crippen molar-refractivity contribution in [1.29, 1.82) is 0 Å². The van der Waals surface area contributed by atoms with Crippen molar-refractivity contribution in [2.75, 3.05) is 33.2 Å². The third-order valence-corrected chi connectivity index (χ3v) is 3.83. The molecule has 1 aliphatic heterocycles. The summed E-state index contributed by atoms with van der Waals surface area (Å²) in [5, 5.41) is 3.34. The zero-order valence-corrected chi connectivity index (χ0v) is 9.47. The Kier molecular flexibility index (Phi) is 3.82. The zero-order valence-electron chi connectivity index (χ0n) is 9.47. The number of nitrogens with one attached hydrogen (secondary N) is 1. The molecular weight excluding hydrogens is 172 g/mol. The van der Waals surface area contributed by atoms with Crippen LogP contribution in [0.3, 0.4) is 0 Å². The molecule has 1 saturated carbocycles. The van der Waals surface area contributed by atoms with Crippen molar-refractivity contribution in [3.8, 4) is 0 Å². The summed E-state index contributed by atoms with van der Waals surface area (Å²) in [6, 6.07) is 0.